The third-order valence-corrected chi connectivity index (χ3v) is 3.94. The zero-order valence-electron chi connectivity index (χ0n) is 12.4. The van der Waals surface area contributed by atoms with E-state index in [4.69, 9.17) is 16.7 Å². The highest BCUT2D eigenvalue weighted by atomic mass is 35.5. The summed E-state index contributed by atoms with van der Waals surface area (Å²) in [6.07, 6.45) is 1.72. The molecule has 1 unspecified atom stereocenters. The number of anilines is 1. The number of carbonyl (C=O) groups excluding carboxylic acids is 1. The van der Waals surface area contributed by atoms with Gasteiger partial charge in [-0.25, -0.2) is 0 Å². The van der Waals surface area contributed by atoms with Gasteiger partial charge in [-0.15, -0.1) is 0 Å². The number of amides is 1. The summed E-state index contributed by atoms with van der Waals surface area (Å²) in [5, 5.41) is 22.4. The monoisotopic (exact) mass is 341 g/mol. The largest absolute Gasteiger partial charge is 0.480 e. The van der Waals surface area contributed by atoms with E-state index < -0.39 is 22.8 Å². The number of carboxylic acid groups (broad SMARTS) is 1. The molecule has 0 heterocycles. The van der Waals surface area contributed by atoms with Crippen molar-refractivity contribution in [1.82, 2.24) is 4.90 Å². The van der Waals surface area contributed by atoms with Crippen LogP contribution in [0.5, 0.6) is 0 Å². The number of nitro benzene ring substituents is 1. The van der Waals surface area contributed by atoms with Crippen LogP contribution in [0.15, 0.2) is 18.2 Å². The van der Waals surface area contributed by atoms with Crippen molar-refractivity contribution < 1.29 is 19.6 Å². The number of benzene rings is 1. The number of halogens is 1. The smallest absolute Gasteiger partial charge is 0.320 e. The summed E-state index contributed by atoms with van der Waals surface area (Å²) in [6.45, 7) is 1.44. The van der Waals surface area contributed by atoms with E-state index in [1.54, 1.807) is 4.90 Å². The van der Waals surface area contributed by atoms with Crippen molar-refractivity contribution in [1.29, 1.82) is 0 Å². The Kier molecular flexibility index (Phi) is 5.17. The van der Waals surface area contributed by atoms with Gasteiger partial charge in [0.1, 0.15) is 11.1 Å². The molecular weight excluding hydrogens is 326 g/mol. The Balaban J connectivity index is 2.05. The molecule has 2 rings (SSSR count). The maximum Gasteiger partial charge on any atom is 0.320 e. The van der Waals surface area contributed by atoms with E-state index in [-0.39, 0.29) is 29.0 Å². The van der Waals surface area contributed by atoms with Crippen LogP contribution in [0.1, 0.15) is 19.8 Å². The van der Waals surface area contributed by atoms with Crippen molar-refractivity contribution in [2.75, 3.05) is 11.9 Å². The number of carboxylic acids is 1. The average molecular weight is 342 g/mol. The highest BCUT2D eigenvalue weighted by molar-refractivity contribution is 6.32. The molecule has 1 fully saturated rings. The third-order valence-electron chi connectivity index (χ3n) is 3.62. The number of carbonyl (C=O) groups is 2. The summed E-state index contributed by atoms with van der Waals surface area (Å²) >= 11 is 5.71. The van der Waals surface area contributed by atoms with E-state index in [0.29, 0.717) is 0 Å². The number of hydrogen-bond donors (Lipinski definition) is 2. The fourth-order valence-corrected chi connectivity index (χ4v) is 2.41. The number of aliphatic carboxylic acids is 1. The summed E-state index contributed by atoms with van der Waals surface area (Å²) in [5.74, 6) is -1.42. The lowest BCUT2D eigenvalue weighted by Crippen LogP contribution is -2.44. The Labute approximate surface area is 137 Å². The average Bonchev–Trinajstić information content (AvgIpc) is 3.30. The molecule has 0 spiro atoms. The van der Waals surface area contributed by atoms with E-state index in [0.717, 1.165) is 12.8 Å². The van der Waals surface area contributed by atoms with Gasteiger partial charge in [0.2, 0.25) is 5.91 Å². The summed E-state index contributed by atoms with van der Waals surface area (Å²) in [7, 11) is 0. The van der Waals surface area contributed by atoms with Crippen LogP contribution in [0.4, 0.5) is 11.4 Å². The highest BCUT2D eigenvalue weighted by Crippen LogP contribution is 2.29. The van der Waals surface area contributed by atoms with Gasteiger partial charge in [0.25, 0.3) is 5.69 Å². The minimum Gasteiger partial charge on any atom is -0.480 e. The molecule has 9 heteroatoms. The molecule has 0 aliphatic heterocycles. The van der Waals surface area contributed by atoms with Gasteiger partial charge in [0.05, 0.1) is 11.5 Å². The molecule has 1 amide bonds. The minimum atomic E-state index is -0.994. The first-order valence-corrected chi connectivity index (χ1v) is 7.39. The van der Waals surface area contributed by atoms with Gasteiger partial charge < -0.3 is 10.4 Å². The molecule has 1 aliphatic rings. The summed E-state index contributed by atoms with van der Waals surface area (Å²) in [6, 6.07) is 3.27. The molecule has 124 valence electrons. The molecule has 0 radical (unpaired) electrons. The van der Waals surface area contributed by atoms with Crippen molar-refractivity contribution in [2.45, 2.75) is 31.8 Å². The van der Waals surface area contributed by atoms with Crippen LogP contribution in [0.25, 0.3) is 0 Å². The predicted molar refractivity (Wildman–Crippen MR) is 83.6 cm³/mol. The van der Waals surface area contributed by atoms with Gasteiger partial charge >= 0.3 is 5.97 Å². The molecule has 0 bridgehead atoms. The van der Waals surface area contributed by atoms with E-state index in [1.807, 2.05) is 0 Å². The summed E-state index contributed by atoms with van der Waals surface area (Å²) in [4.78, 5) is 35.0. The van der Waals surface area contributed by atoms with E-state index >= 15 is 0 Å². The molecule has 1 aliphatic carbocycles. The molecule has 1 aromatic carbocycles. The Morgan fingerprint density at radius 2 is 2.17 bits per heavy atom. The zero-order valence-corrected chi connectivity index (χ0v) is 13.1. The van der Waals surface area contributed by atoms with Crippen LogP contribution < -0.4 is 5.32 Å². The summed E-state index contributed by atoms with van der Waals surface area (Å²) < 4.78 is 0. The van der Waals surface area contributed by atoms with Crippen molar-refractivity contribution in [3.63, 3.8) is 0 Å². The Bertz CT molecular complexity index is 647. The predicted octanol–water partition coefficient (Wildman–Crippen LogP) is 2.12. The van der Waals surface area contributed by atoms with Crippen molar-refractivity contribution in [2.24, 2.45) is 0 Å². The standard InChI is InChI=1S/C14H16ClN3O5/c1-8(14(20)21)17(10-3-4-10)7-13(19)16-9-2-5-11(15)12(6-9)18(22)23/h2,5-6,8,10H,3-4,7H2,1H3,(H,16,19)(H,20,21). The second kappa shape index (κ2) is 6.93. The summed E-state index contributed by atoms with van der Waals surface area (Å²) in [5.41, 5.74) is -0.0627. The minimum absolute atomic E-state index is 0.0212. The third kappa shape index (κ3) is 4.40. The first-order chi connectivity index (χ1) is 10.8. The number of hydrogen-bond acceptors (Lipinski definition) is 5. The molecule has 0 saturated heterocycles. The van der Waals surface area contributed by atoms with Crippen LogP contribution in [0.2, 0.25) is 5.02 Å². The van der Waals surface area contributed by atoms with Crippen molar-refractivity contribution >= 4 is 34.9 Å². The van der Waals surface area contributed by atoms with Crippen molar-refractivity contribution in [3.8, 4) is 0 Å². The lowest BCUT2D eigenvalue weighted by Gasteiger charge is -2.25. The molecule has 8 nitrogen and oxygen atoms in total. The number of nitro groups is 1. The van der Waals surface area contributed by atoms with Gasteiger partial charge in [0, 0.05) is 17.8 Å². The first kappa shape index (κ1) is 17.2. The van der Waals surface area contributed by atoms with Gasteiger partial charge in [0.15, 0.2) is 0 Å². The maximum atomic E-state index is 12.1. The molecule has 23 heavy (non-hydrogen) atoms. The van der Waals surface area contributed by atoms with Gasteiger partial charge in [-0.05, 0) is 31.9 Å². The van der Waals surface area contributed by atoms with E-state index in [2.05, 4.69) is 5.32 Å². The molecule has 2 N–H and O–H groups in total. The lowest BCUT2D eigenvalue weighted by atomic mass is 10.2. The zero-order chi connectivity index (χ0) is 17.1. The van der Waals surface area contributed by atoms with Crippen molar-refractivity contribution in [3.05, 3.63) is 33.3 Å². The second-order valence-electron chi connectivity index (χ2n) is 5.39. The second-order valence-corrected chi connectivity index (χ2v) is 5.80. The Morgan fingerprint density at radius 3 is 2.70 bits per heavy atom. The normalized spacial score (nSPS) is 15.3. The fraction of sp³-hybridized carbons (Fsp3) is 0.429. The molecule has 1 atom stereocenters. The quantitative estimate of drug-likeness (QED) is 0.580. The van der Waals surface area contributed by atoms with Gasteiger partial charge in [-0.1, -0.05) is 11.6 Å². The van der Waals surface area contributed by atoms with E-state index in [1.165, 1.54) is 25.1 Å². The van der Waals surface area contributed by atoms with Gasteiger partial charge in [-0.2, -0.15) is 0 Å². The van der Waals surface area contributed by atoms with Crippen LogP contribution >= 0.6 is 11.6 Å². The number of nitrogens with zero attached hydrogens (tertiary/aromatic N) is 2. The van der Waals surface area contributed by atoms with Crippen LogP contribution in [0, 0.1) is 10.1 Å². The molecule has 1 saturated carbocycles. The fourth-order valence-electron chi connectivity index (χ4n) is 2.23. The van der Waals surface area contributed by atoms with Crippen LogP contribution in [-0.2, 0) is 9.59 Å². The Hall–Kier alpha value is -2.19. The SMILES string of the molecule is CC(C(=O)O)N(CC(=O)Nc1ccc(Cl)c([N+](=O)[O-])c1)C1CC1. The van der Waals surface area contributed by atoms with Crippen LogP contribution in [-0.4, -0.2) is 45.4 Å². The molecule has 0 aromatic heterocycles. The van der Waals surface area contributed by atoms with Crippen LogP contribution in [0.3, 0.4) is 0 Å². The molecule has 1 aromatic rings. The Morgan fingerprint density at radius 1 is 1.52 bits per heavy atom. The highest BCUT2D eigenvalue weighted by Gasteiger charge is 2.36. The maximum absolute atomic E-state index is 12.1. The van der Waals surface area contributed by atoms with Gasteiger partial charge in [-0.3, -0.25) is 24.6 Å². The first-order valence-electron chi connectivity index (χ1n) is 7.02. The molecular formula is C14H16ClN3O5. The number of nitrogens with one attached hydrogen (secondary N) is 1. The lowest BCUT2D eigenvalue weighted by molar-refractivity contribution is -0.384. The topological polar surface area (TPSA) is 113 Å². The number of rotatable bonds is 7. The van der Waals surface area contributed by atoms with E-state index in [9.17, 15) is 19.7 Å².